The van der Waals surface area contributed by atoms with Crippen LogP contribution in [0.1, 0.15) is 25.6 Å². The highest BCUT2D eigenvalue weighted by molar-refractivity contribution is 5.41. The Labute approximate surface area is 112 Å². The maximum atomic E-state index is 13.4. The quantitative estimate of drug-likeness (QED) is 0.922. The van der Waals surface area contributed by atoms with Crippen LogP contribution in [0.2, 0.25) is 0 Å². The second-order valence-electron chi connectivity index (χ2n) is 4.78. The van der Waals surface area contributed by atoms with Crippen molar-refractivity contribution < 1.29 is 9.13 Å². The van der Waals surface area contributed by atoms with Gasteiger partial charge in [-0.2, -0.15) is 0 Å². The first-order valence-corrected chi connectivity index (χ1v) is 6.16. The Kier molecular flexibility index (Phi) is 3.85. The van der Waals surface area contributed by atoms with E-state index in [0.717, 1.165) is 11.4 Å². The average molecular weight is 263 g/mol. The number of halogens is 1. The van der Waals surface area contributed by atoms with Crippen LogP contribution < -0.4 is 10.5 Å². The molecule has 1 unspecified atom stereocenters. The zero-order valence-electron chi connectivity index (χ0n) is 11.3. The molecule has 0 aliphatic carbocycles. The molecule has 4 nitrogen and oxygen atoms in total. The number of ether oxygens (including phenoxy) is 1. The molecule has 2 aromatic rings. The number of imidazole rings is 1. The highest BCUT2D eigenvalue weighted by atomic mass is 19.1. The third-order valence-electron chi connectivity index (χ3n) is 3.14. The summed E-state index contributed by atoms with van der Waals surface area (Å²) in [5.74, 6) is 0.106. The fourth-order valence-corrected chi connectivity index (χ4v) is 1.91. The van der Waals surface area contributed by atoms with Crippen LogP contribution >= 0.6 is 0 Å². The van der Waals surface area contributed by atoms with Crippen LogP contribution in [0.4, 0.5) is 4.39 Å². The molecule has 0 spiro atoms. The van der Waals surface area contributed by atoms with Gasteiger partial charge in [-0.1, -0.05) is 13.8 Å². The summed E-state index contributed by atoms with van der Waals surface area (Å²) in [5.41, 5.74) is 7.83. The van der Waals surface area contributed by atoms with Crippen LogP contribution in [0, 0.1) is 11.7 Å². The number of methoxy groups -OCH3 is 1. The summed E-state index contributed by atoms with van der Waals surface area (Å²) >= 11 is 0. The second kappa shape index (κ2) is 5.40. The van der Waals surface area contributed by atoms with E-state index in [4.69, 9.17) is 10.5 Å². The van der Waals surface area contributed by atoms with Gasteiger partial charge in [-0.05, 0) is 18.1 Å². The van der Waals surface area contributed by atoms with Crippen molar-refractivity contribution >= 4 is 0 Å². The summed E-state index contributed by atoms with van der Waals surface area (Å²) in [6.45, 7) is 4.10. The number of hydrogen-bond acceptors (Lipinski definition) is 3. The van der Waals surface area contributed by atoms with Crippen molar-refractivity contribution in [3.63, 3.8) is 0 Å². The molecule has 2 rings (SSSR count). The summed E-state index contributed by atoms with van der Waals surface area (Å²) in [6.07, 6.45) is 3.41. The van der Waals surface area contributed by atoms with Crippen LogP contribution in [0.15, 0.2) is 30.7 Å². The lowest BCUT2D eigenvalue weighted by atomic mass is 10.0. The van der Waals surface area contributed by atoms with Crippen LogP contribution in [0.3, 0.4) is 0 Å². The van der Waals surface area contributed by atoms with E-state index in [-0.39, 0.29) is 23.5 Å². The van der Waals surface area contributed by atoms with Gasteiger partial charge in [0, 0.05) is 12.1 Å². The van der Waals surface area contributed by atoms with Gasteiger partial charge in [0.15, 0.2) is 11.6 Å². The highest BCUT2D eigenvalue weighted by Crippen LogP contribution is 2.25. The van der Waals surface area contributed by atoms with Crippen molar-refractivity contribution in [3.8, 4) is 11.4 Å². The van der Waals surface area contributed by atoms with E-state index in [0.29, 0.717) is 0 Å². The first kappa shape index (κ1) is 13.5. The Balaban J connectivity index is 2.45. The molecule has 0 aliphatic heterocycles. The number of benzene rings is 1. The van der Waals surface area contributed by atoms with E-state index in [1.807, 2.05) is 18.4 Å². The molecule has 2 N–H and O–H groups in total. The molecule has 1 aromatic carbocycles. The van der Waals surface area contributed by atoms with Crippen molar-refractivity contribution in [1.29, 1.82) is 0 Å². The Bertz CT molecular complexity index is 566. The summed E-state index contributed by atoms with van der Waals surface area (Å²) in [6, 6.07) is 4.56. The summed E-state index contributed by atoms with van der Waals surface area (Å²) in [7, 11) is 1.44. The van der Waals surface area contributed by atoms with Gasteiger partial charge in [-0.3, -0.25) is 0 Å². The van der Waals surface area contributed by atoms with E-state index in [1.54, 1.807) is 24.7 Å². The SMILES string of the molecule is COc1cc(-n2cncc2C(N)C(C)C)ccc1F. The van der Waals surface area contributed by atoms with E-state index < -0.39 is 0 Å². The predicted octanol–water partition coefficient (Wildman–Crippen LogP) is 2.68. The molecule has 0 aliphatic rings. The number of aromatic nitrogens is 2. The molecule has 1 atom stereocenters. The number of rotatable bonds is 4. The molecule has 19 heavy (non-hydrogen) atoms. The van der Waals surface area contributed by atoms with Crippen molar-refractivity contribution in [2.75, 3.05) is 7.11 Å². The Hall–Kier alpha value is -1.88. The van der Waals surface area contributed by atoms with Gasteiger partial charge in [0.1, 0.15) is 0 Å². The molecule has 1 aromatic heterocycles. The van der Waals surface area contributed by atoms with Crippen molar-refractivity contribution in [3.05, 3.63) is 42.2 Å². The maximum absolute atomic E-state index is 13.4. The molecule has 0 bridgehead atoms. The van der Waals surface area contributed by atoms with Gasteiger partial charge >= 0.3 is 0 Å². The number of hydrogen-bond donors (Lipinski definition) is 1. The lowest BCUT2D eigenvalue weighted by Gasteiger charge is -2.18. The maximum Gasteiger partial charge on any atom is 0.165 e. The largest absolute Gasteiger partial charge is 0.494 e. The molecular formula is C14H18FN3O. The van der Waals surface area contributed by atoms with Gasteiger partial charge in [-0.15, -0.1) is 0 Å². The van der Waals surface area contributed by atoms with E-state index >= 15 is 0 Å². The molecule has 0 saturated heterocycles. The molecule has 0 amide bonds. The predicted molar refractivity (Wildman–Crippen MR) is 71.8 cm³/mol. The van der Waals surface area contributed by atoms with Gasteiger partial charge in [0.2, 0.25) is 0 Å². The monoisotopic (exact) mass is 263 g/mol. The molecule has 102 valence electrons. The van der Waals surface area contributed by atoms with Crippen molar-refractivity contribution in [2.45, 2.75) is 19.9 Å². The zero-order chi connectivity index (χ0) is 14.0. The van der Waals surface area contributed by atoms with Crippen molar-refractivity contribution in [2.24, 2.45) is 11.7 Å². The molecule has 1 heterocycles. The summed E-state index contributed by atoms with van der Waals surface area (Å²) in [5, 5.41) is 0. The molecule has 5 heteroatoms. The number of nitrogens with zero attached hydrogens (tertiary/aromatic N) is 2. The summed E-state index contributed by atoms with van der Waals surface area (Å²) < 4.78 is 20.3. The summed E-state index contributed by atoms with van der Waals surface area (Å²) in [4.78, 5) is 4.13. The topological polar surface area (TPSA) is 53.1 Å². The van der Waals surface area contributed by atoms with Gasteiger partial charge in [-0.25, -0.2) is 9.37 Å². The van der Waals surface area contributed by atoms with Crippen LogP contribution in [-0.2, 0) is 0 Å². The zero-order valence-corrected chi connectivity index (χ0v) is 11.3. The minimum atomic E-state index is -0.388. The van der Waals surface area contributed by atoms with E-state index in [2.05, 4.69) is 4.98 Å². The first-order valence-electron chi connectivity index (χ1n) is 6.16. The van der Waals surface area contributed by atoms with Crippen LogP contribution in [-0.4, -0.2) is 16.7 Å². The van der Waals surface area contributed by atoms with Crippen LogP contribution in [0.25, 0.3) is 5.69 Å². The minimum absolute atomic E-state index is 0.126. The second-order valence-corrected chi connectivity index (χ2v) is 4.78. The van der Waals surface area contributed by atoms with Crippen LogP contribution in [0.5, 0.6) is 5.75 Å². The Morgan fingerprint density at radius 1 is 1.37 bits per heavy atom. The van der Waals surface area contributed by atoms with Gasteiger partial charge in [0.05, 0.1) is 31.0 Å². The fraction of sp³-hybridized carbons (Fsp3) is 0.357. The average Bonchev–Trinajstić information content (AvgIpc) is 2.87. The fourth-order valence-electron chi connectivity index (χ4n) is 1.91. The standard InChI is InChI=1S/C14H18FN3O/c1-9(2)14(16)12-7-17-8-18(12)10-4-5-11(15)13(6-10)19-3/h4-9,14H,16H2,1-3H3. The van der Waals surface area contributed by atoms with E-state index in [9.17, 15) is 4.39 Å². The minimum Gasteiger partial charge on any atom is -0.494 e. The first-order chi connectivity index (χ1) is 9.04. The smallest absolute Gasteiger partial charge is 0.165 e. The van der Waals surface area contributed by atoms with E-state index in [1.165, 1.54) is 13.2 Å². The normalized spacial score (nSPS) is 12.7. The number of nitrogens with two attached hydrogens (primary N) is 1. The lowest BCUT2D eigenvalue weighted by molar-refractivity contribution is 0.386. The molecular weight excluding hydrogens is 245 g/mol. The Morgan fingerprint density at radius 2 is 2.11 bits per heavy atom. The Morgan fingerprint density at radius 3 is 2.74 bits per heavy atom. The van der Waals surface area contributed by atoms with Crippen molar-refractivity contribution in [1.82, 2.24) is 9.55 Å². The lowest BCUT2D eigenvalue weighted by Crippen LogP contribution is -2.19. The molecule has 0 saturated carbocycles. The molecule has 0 fully saturated rings. The third kappa shape index (κ3) is 2.61. The third-order valence-corrected chi connectivity index (χ3v) is 3.14. The molecule has 0 radical (unpaired) electrons. The van der Waals surface area contributed by atoms with Gasteiger partial charge < -0.3 is 15.0 Å². The highest BCUT2D eigenvalue weighted by Gasteiger charge is 2.16. The van der Waals surface area contributed by atoms with Gasteiger partial charge in [0.25, 0.3) is 0 Å².